The molecule has 6 nitrogen and oxygen atoms in total. The molecular weight excluding hydrogens is 398 g/mol. The van der Waals surface area contributed by atoms with Gasteiger partial charge >= 0.3 is 0 Å². The lowest BCUT2D eigenvalue weighted by Gasteiger charge is -2.35. The van der Waals surface area contributed by atoms with Gasteiger partial charge in [0.05, 0.1) is 6.04 Å². The summed E-state index contributed by atoms with van der Waals surface area (Å²) in [6.45, 7) is 1.89. The van der Waals surface area contributed by atoms with Crippen molar-refractivity contribution >= 4 is 5.91 Å². The average molecular weight is 426 g/mol. The molecule has 6 heteroatoms. The Hall–Kier alpha value is -2.99. The van der Waals surface area contributed by atoms with Crippen LogP contribution in [0, 0.1) is 5.92 Å². The Labute approximate surface area is 187 Å². The maximum absolute atomic E-state index is 14.1. The van der Waals surface area contributed by atoms with E-state index >= 15 is 0 Å². The number of amides is 1. The number of aromatic nitrogens is 3. The van der Waals surface area contributed by atoms with E-state index in [0.29, 0.717) is 23.8 Å². The second kappa shape index (κ2) is 6.75. The molecule has 1 aliphatic carbocycles. The minimum atomic E-state index is -0.313. The maximum atomic E-state index is 14.1. The molecule has 5 heterocycles. The van der Waals surface area contributed by atoms with Gasteiger partial charge in [0.1, 0.15) is 5.54 Å². The summed E-state index contributed by atoms with van der Waals surface area (Å²) in [6.07, 6.45) is 10.7. The first-order valence-electron chi connectivity index (χ1n) is 11.8. The van der Waals surface area contributed by atoms with Gasteiger partial charge in [0.15, 0.2) is 0 Å². The van der Waals surface area contributed by atoms with E-state index < -0.39 is 0 Å². The predicted molar refractivity (Wildman–Crippen MR) is 120 cm³/mol. The summed E-state index contributed by atoms with van der Waals surface area (Å²) in [5, 5.41) is 0. The molecule has 3 aromatic rings. The molecule has 3 saturated heterocycles. The molecule has 162 valence electrons. The van der Waals surface area contributed by atoms with Gasteiger partial charge in [-0.15, -0.1) is 0 Å². The number of carbonyl (C=O) groups excluding carboxylic acids is 1. The zero-order valence-corrected chi connectivity index (χ0v) is 18.1. The molecule has 0 saturated carbocycles. The van der Waals surface area contributed by atoms with Crippen LogP contribution in [0.2, 0.25) is 0 Å². The molecule has 2 aromatic heterocycles. The second-order valence-electron chi connectivity index (χ2n) is 9.81. The summed E-state index contributed by atoms with van der Waals surface area (Å²) in [5.41, 5.74) is 3.73. The van der Waals surface area contributed by atoms with Crippen LogP contribution in [0.15, 0.2) is 61.1 Å². The molecule has 7 rings (SSSR count). The molecule has 0 unspecified atom stereocenters. The second-order valence-corrected chi connectivity index (χ2v) is 9.81. The fourth-order valence-electron chi connectivity index (χ4n) is 7.14. The minimum Gasteiger partial charge on any atom is -0.337 e. The molecule has 1 aromatic carbocycles. The molecule has 4 aliphatic rings. The lowest BCUT2D eigenvalue weighted by Crippen LogP contribution is -2.51. The predicted octanol–water partition coefficient (Wildman–Crippen LogP) is 3.17. The molecule has 3 atom stereocenters. The molecular formula is C26H27N5O. The SMILES string of the molecule is O=C1N(C2Cc3ccccc3C2)C[C@@H]2C[C@@H](c3cccn3-c3ncccn3)N3CCC[C@@]123. The van der Waals surface area contributed by atoms with E-state index in [2.05, 4.69) is 60.7 Å². The Morgan fingerprint density at radius 3 is 2.53 bits per heavy atom. The summed E-state index contributed by atoms with van der Waals surface area (Å²) in [4.78, 5) is 27.8. The molecule has 1 amide bonds. The topological polar surface area (TPSA) is 54.3 Å². The summed E-state index contributed by atoms with van der Waals surface area (Å²) >= 11 is 0. The largest absolute Gasteiger partial charge is 0.337 e. The highest BCUT2D eigenvalue weighted by molar-refractivity contribution is 5.90. The van der Waals surface area contributed by atoms with Crippen LogP contribution in [0.4, 0.5) is 0 Å². The van der Waals surface area contributed by atoms with Crippen LogP contribution in [0.25, 0.3) is 5.95 Å². The van der Waals surface area contributed by atoms with E-state index in [0.717, 1.165) is 45.2 Å². The van der Waals surface area contributed by atoms with E-state index in [4.69, 9.17) is 0 Å². The van der Waals surface area contributed by atoms with E-state index in [1.807, 2.05) is 12.3 Å². The Morgan fingerprint density at radius 2 is 1.75 bits per heavy atom. The number of rotatable bonds is 3. The molecule has 0 radical (unpaired) electrons. The van der Waals surface area contributed by atoms with Crippen molar-refractivity contribution in [1.29, 1.82) is 0 Å². The summed E-state index contributed by atoms with van der Waals surface area (Å²) < 4.78 is 2.10. The smallest absolute Gasteiger partial charge is 0.243 e. The first kappa shape index (κ1) is 18.6. The van der Waals surface area contributed by atoms with E-state index in [1.165, 1.54) is 16.8 Å². The van der Waals surface area contributed by atoms with Gasteiger partial charge in [-0.05, 0) is 68.0 Å². The van der Waals surface area contributed by atoms with Crippen molar-refractivity contribution in [3.8, 4) is 5.95 Å². The van der Waals surface area contributed by atoms with Crippen LogP contribution < -0.4 is 0 Å². The number of fused-ring (bicyclic) bond motifs is 1. The third kappa shape index (κ3) is 2.41. The number of nitrogens with zero attached hydrogens (tertiary/aromatic N) is 5. The zero-order chi connectivity index (χ0) is 21.3. The molecule has 3 aliphatic heterocycles. The third-order valence-electron chi connectivity index (χ3n) is 8.44. The van der Waals surface area contributed by atoms with Gasteiger partial charge < -0.3 is 4.90 Å². The molecule has 1 spiro atoms. The van der Waals surface area contributed by atoms with Crippen molar-refractivity contribution < 1.29 is 4.79 Å². The molecule has 3 fully saturated rings. The van der Waals surface area contributed by atoms with Crippen LogP contribution >= 0.6 is 0 Å². The van der Waals surface area contributed by atoms with Crippen molar-refractivity contribution in [1.82, 2.24) is 24.3 Å². The van der Waals surface area contributed by atoms with Gasteiger partial charge in [-0.2, -0.15) is 0 Å². The normalized spacial score (nSPS) is 29.5. The van der Waals surface area contributed by atoms with Gasteiger partial charge in [-0.1, -0.05) is 24.3 Å². The van der Waals surface area contributed by atoms with E-state index in [1.54, 1.807) is 12.4 Å². The average Bonchev–Trinajstić information content (AvgIpc) is 3.62. The number of likely N-dealkylation sites (tertiary alicyclic amines) is 1. The van der Waals surface area contributed by atoms with E-state index in [-0.39, 0.29) is 11.6 Å². The van der Waals surface area contributed by atoms with Gasteiger partial charge in [0.2, 0.25) is 11.9 Å². The number of carbonyl (C=O) groups is 1. The summed E-state index contributed by atoms with van der Waals surface area (Å²) in [7, 11) is 0. The highest BCUT2D eigenvalue weighted by Crippen LogP contribution is 2.56. The first-order valence-corrected chi connectivity index (χ1v) is 11.8. The van der Waals surface area contributed by atoms with Gasteiger partial charge in [-0.25, -0.2) is 9.97 Å². The Morgan fingerprint density at radius 1 is 0.969 bits per heavy atom. The van der Waals surface area contributed by atoms with Crippen molar-refractivity contribution in [2.75, 3.05) is 13.1 Å². The summed E-state index contributed by atoms with van der Waals surface area (Å²) in [6, 6.07) is 15.4. The van der Waals surface area contributed by atoms with Crippen molar-refractivity contribution in [2.45, 2.75) is 49.7 Å². The standard InChI is InChI=1S/C26H27N5O/c32-24-26-9-4-13-31(26)23(22-8-3-12-29(22)25-27-10-5-11-28-25)16-20(26)17-30(24)21-14-18-6-1-2-7-19(18)15-21/h1-3,5-8,10-12,20-21,23H,4,9,13-17H2/t20-,23-,26-/m0/s1. The zero-order valence-electron chi connectivity index (χ0n) is 18.1. The Balaban J connectivity index is 1.20. The first-order chi connectivity index (χ1) is 15.8. The van der Waals surface area contributed by atoms with Gasteiger partial charge in [-0.3, -0.25) is 14.3 Å². The fourth-order valence-corrected chi connectivity index (χ4v) is 7.14. The van der Waals surface area contributed by atoms with Crippen molar-refractivity contribution in [3.63, 3.8) is 0 Å². The highest BCUT2D eigenvalue weighted by Gasteiger charge is 2.66. The van der Waals surface area contributed by atoms with Gasteiger partial charge in [0, 0.05) is 42.8 Å². The number of benzene rings is 1. The maximum Gasteiger partial charge on any atom is 0.243 e. The lowest BCUT2D eigenvalue weighted by molar-refractivity contribution is -0.138. The molecule has 0 bridgehead atoms. The monoisotopic (exact) mass is 425 g/mol. The third-order valence-corrected chi connectivity index (χ3v) is 8.44. The van der Waals surface area contributed by atoms with Gasteiger partial charge in [0.25, 0.3) is 0 Å². The number of hydrogen-bond acceptors (Lipinski definition) is 4. The number of hydrogen-bond donors (Lipinski definition) is 0. The fraction of sp³-hybridized carbons (Fsp3) is 0.423. The van der Waals surface area contributed by atoms with Crippen LogP contribution in [0.3, 0.4) is 0 Å². The van der Waals surface area contributed by atoms with Crippen molar-refractivity contribution in [3.05, 3.63) is 77.9 Å². The minimum absolute atomic E-state index is 0.244. The van der Waals surface area contributed by atoms with Crippen molar-refractivity contribution in [2.24, 2.45) is 5.92 Å². The quantitative estimate of drug-likeness (QED) is 0.647. The highest BCUT2D eigenvalue weighted by atomic mass is 16.2. The van der Waals surface area contributed by atoms with Crippen LogP contribution in [-0.4, -0.2) is 54.9 Å². The Bertz CT molecular complexity index is 1160. The van der Waals surface area contributed by atoms with E-state index in [9.17, 15) is 4.79 Å². The summed E-state index contributed by atoms with van der Waals surface area (Å²) in [5.74, 6) is 1.48. The van der Waals surface area contributed by atoms with Crippen LogP contribution in [0.1, 0.15) is 42.1 Å². The molecule has 0 N–H and O–H groups in total. The lowest BCUT2D eigenvalue weighted by atomic mass is 9.85. The Kier molecular flexibility index (Phi) is 3.92. The molecule has 32 heavy (non-hydrogen) atoms. The van der Waals surface area contributed by atoms with Crippen LogP contribution in [-0.2, 0) is 17.6 Å². The van der Waals surface area contributed by atoms with Crippen LogP contribution in [0.5, 0.6) is 0 Å².